The van der Waals surface area contributed by atoms with Gasteiger partial charge in [0.25, 0.3) is 0 Å². The third-order valence-corrected chi connectivity index (χ3v) is 3.72. The van der Waals surface area contributed by atoms with Crippen LogP contribution in [0.5, 0.6) is 23.0 Å². The van der Waals surface area contributed by atoms with E-state index in [0.29, 0.717) is 5.01 Å². The van der Waals surface area contributed by atoms with Crippen LogP contribution in [0.1, 0.15) is 25.5 Å². The number of aromatic hydroxyl groups is 4. The zero-order valence-electron chi connectivity index (χ0n) is 10.4. The van der Waals surface area contributed by atoms with Crippen LogP contribution in [0.25, 0.3) is 10.6 Å². The molecule has 19 heavy (non-hydrogen) atoms. The lowest BCUT2D eigenvalue weighted by Crippen LogP contribution is -1.86. The fourth-order valence-corrected chi connectivity index (χ4v) is 2.57. The third-order valence-electron chi connectivity index (χ3n) is 2.80. The molecule has 0 saturated heterocycles. The van der Waals surface area contributed by atoms with E-state index in [1.54, 1.807) is 0 Å². The van der Waals surface area contributed by atoms with Crippen molar-refractivity contribution in [3.8, 4) is 33.6 Å². The van der Waals surface area contributed by atoms with Gasteiger partial charge in [0.1, 0.15) is 5.01 Å². The summed E-state index contributed by atoms with van der Waals surface area (Å²) in [5.41, 5.74) is 1.12. The number of nitrogens with zero attached hydrogens (tertiary/aromatic N) is 1. The molecule has 0 aliphatic rings. The monoisotopic (exact) mass is 281 g/mol. The molecule has 0 radical (unpaired) electrons. The molecule has 0 bridgehead atoms. The molecule has 0 fully saturated rings. The van der Waals surface area contributed by atoms with Gasteiger partial charge in [0, 0.05) is 5.38 Å². The second-order valence-electron chi connectivity index (χ2n) is 4.24. The van der Waals surface area contributed by atoms with E-state index in [1.807, 2.05) is 5.38 Å². The summed E-state index contributed by atoms with van der Waals surface area (Å²) in [6.45, 7) is 2.09. The number of phenols is 4. The maximum Gasteiger partial charge on any atom is 0.205 e. The number of benzene rings is 1. The second kappa shape index (κ2) is 5.36. The molecule has 1 heterocycles. The van der Waals surface area contributed by atoms with Crippen molar-refractivity contribution in [3.63, 3.8) is 0 Å². The standard InChI is InChI=1S/C13H15NO4S/c1-2-3-4-7-6-19-13(14-7)8-5-9(15)11(17)12(18)10(8)16/h5-6,15-18H,2-4H2,1H3. The van der Waals surface area contributed by atoms with Gasteiger partial charge >= 0.3 is 0 Å². The summed E-state index contributed by atoms with van der Waals surface area (Å²) >= 11 is 1.32. The van der Waals surface area contributed by atoms with E-state index in [2.05, 4.69) is 11.9 Å². The quantitative estimate of drug-likeness (QED) is 0.510. The minimum absolute atomic E-state index is 0.209. The van der Waals surface area contributed by atoms with Crippen LogP contribution >= 0.6 is 11.3 Å². The molecule has 1 aromatic heterocycles. The Kier molecular flexibility index (Phi) is 3.80. The normalized spacial score (nSPS) is 10.8. The molecular formula is C13H15NO4S. The zero-order chi connectivity index (χ0) is 14.0. The number of thiazole rings is 1. The van der Waals surface area contributed by atoms with Gasteiger partial charge in [-0.3, -0.25) is 0 Å². The fraction of sp³-hybridized carbons (Fsp3) is 0.308. The SMILES string of the molecule is CCCCc1csc(-c2cc(O)c(O)c(O)c2O)n1. The van der Waals surface area contributed by atoms with Gasteiger partial charge in [-0.05, 0) is 18.9 Å². The number of phenolic OH excluding ortho intramolecular Hbond substituents is 4. The molecule has 4 N–H and O–H groups in total. The lowest BCUT2D eigenvalue weighted by atomic mass is 10.1. The fourth-order valence-electron chi connectivity index (χ4n) is 1.70. The predicted molar refractivity (Wildman–Crippen MR) is 72.8 cm³/mol. The average molecular weight is 281 g/mol. The number of aromatic nitrogens is 1. The molecule has 5 nitrogen and oxygen atoms in total. The van der Waals surface area contributed by atoms with Gasteiger partial charge < -0.3 is 20.4 Å². The van der Waals surface area contributed by atoms with Crippen LogP contribution < -0.4 is 0 Å². The summed E-state index contributed by atoms with van der Waals surface area (Å²) in [6, 6.07) is 1.19. The van der Waals surface area contributed by atoms with E-state index in [9.17, 15) is 20.4 Å². The molecule has 6 heteroatoms. The van der Waals surface area contributed by atoms with Crippen molar-refractivity contribution in [3.05, 3.63) is 17.1 Å². The number of unbranched alkanes of at least 4 members (excludes halogenated alkanes) is 1. The maximum atomic E-state index is 9.79. The minimum Gasteiger partial charge on any atom is -0.504 e. The highest BCUT2D eigenvalue weighted by atomic mass is 32.1. The van der Waals surface area contributed by atoms with Crippen LogP contribution in [0.4, 0.5) is 0 Å². The first-order valence-electron chi connectivity index (χ1n) is 5.96. The van der Waals surface area contributed by atoms with Crippen LogP contribution in [-0.4, -0.2) is 25.4 Å². The van der Waals surface area contributed by atoms with Crippen LogP contribution in [0.3, 0.4) is 0 Å². The number of aryl methyl sites for hydroxylation is 1. The molecule has 0 spiro atoms. The Balaban J connectivity index is 2.39. The van der Waals surface area contributed by atoms with Crippen molar-refractivity contribution in [2.75, 3.05) is 0 Å². The summed E-state index contributed by atoms with van der Waals surface area (Å²) in [5.74, 6) is -2.44. The average Bonchev–Trinajstić information content (AvgIpc) is 2.86. The summed E-state index contributed by atoms with van der Waals surface area (Å²) in [7, 11) is 0. The van der Waals surface area contributed by atoms with Crippen molar-refractivity contribution in [2.24, 2.45) is 0 Å². The zero-order valence-corrected chi connectivity index (χ0v) is 11.2. The summed E-state index contributed by atoms with van der Waals surface area (Å²) < 4.78 is 0. The first-order valence-corrected chi connectivity index (χ1v) is 6.84. The maximum absolute atomic E-state index is 9.79. The highest BCUT2D eigenvalue weighted by molar-refractivity contribution is 7.13. The lowest BCUT2D eigenvalue weighted by Gasteiger charge is -2.07. The van der Waals surface area contributed by atoms with Gasteiger partial charge in [0.05, 0.1) is 11.3 Å². The van der Waals surface area contributed by atoms with E-state index in [-0.39, 0.29) is 5.56 Å². The van der Waals surface area contributed by atoms with Gasteiger partial charge in [-0.1, -0.05) is 13.3 Å². The molecule has 0 saturated carbocycles. The molecule has 2 aromatic rings. The molecule has 1 aromatic carbocycles. The van der Waals surface area contributed by atoms with Gasteiger partial charge in [-0.25, -0.2) is 4.98 Å². The van der Waals surface area contributed by atoms with Crippen molar-refractivity contribution < 1.29 is 20.4 Å². The molecule has 0 aliphatic heterocycles. The topological polar surface area (TPSA) is 93.8 Å². The van der Waals surface area contributed by atoms with Crippen LogP contribution in [-0.2, 0) is 6.42 Å². The molecule has 2 rings (SSSR count). The van der Waals surface area contributed by atoms with Crippen molar-refractivity contribution in [2.45, 2.75) is 26.2 Å². The van der Waals surface area contributed by atoms with Crippen LogP contribution in [0.15, 0.2) is 11.4 Å². The molecule has 0 aliphatic carbocycles. The number of hydrogen-bond donors (Lipinski definition) is 4. The Morgan fingerprint density at radius 1 is 1.11 bits per heavy atom. The summed E-state index contributed by atoms with van der Waals surface area (Å²) in [5, 5.41) is 40.4. The second-order valence-corrected chi connectivity index (χ2v) is 5.09. The third kappa shape index (κ3) is 2.58. The molecule has 0 unspecified atom stereocenters. The lowest BCUT2D eigenvalue weighted by molar-refractivity contribution is 0.347. The van der Waals surface area contributed by atoms with Gasteiger partial charge in [-0.2, -0.15) is 0 Å². The largest absolute Gasteiger partial charge is 0.504 e. The Bertz CT molecular complexity index is 595. The number of rotatable bonds is 4. The van der Waals surface area contributed by atoms with Gasteiger partial charge in [0.15, 0.2) is 11.5 Å². The van der Waals surface area contributed by atoms with Crippen molar-refractivity contribution >= 4 is 11.3 Å². The minimum atomic E-state index is -0.736. The van der Waals surface area contributed by atoms with Gasteiger partial charge in [-0.15, -0.1) is 11.3 Å². The van der Waals surface area contributed by atoms with Crippen molar-refractivity contribution in [1.29, 1.82) is 0 Å². The Morgan fingerprint density at radius 3 is 2.53 bits per heavy atom. The molecule has 102 valence electrons. The molecular weight excluding hydrogens is 266 g/mol. The van der Waals surface area contributed by atoms with E-state index >= 15 is 0 Å². The van der Waals surface area contributed by atoms with E-state index in [4.69, 9.17) is 0 Å². The Labute approximate surface area is 114 Å². The van der Waals surface area contributed by atoms with E-state index in [0.717, 1.165) is 25.0 Å². The van der Waals surface area contributed by atoms with Crippen LogP contribution in [0.2, 0.25) is 0 Å². The first kappa shape index (κ1) is 13.5. The Morgan fingerprint density at radius 2 is 1.84 bits per heavy atom. The van der Waals surface area contributed by atoms with Crippen LogP contribution in [0, 0.1) is 0 Å². The highest BCUT2D eigenvalue weighted by Crippen LogP contribution is 2.48. The highest BCUT2D eigenvalue weighted by Gasteiger charge is 2.19. The number of hydrogen-bond acceptors (Lipinski definition) is 6. The molecule has 0 amide bonds. The van der Waals surface area contributed by atoms with Gasteiger partial charge in [0.2, 0.25) is 11.5 Å². The summed E-state index contributed by atoms with van der Waals surface area (Å²) in [4.78, 5) is 4.35. The Hall–Kier alpha value is -1.95. The first-order chi connectivity index (χ1) is 9.04. The molecule has 0 atom stereocenters. The summed E-state index contributed by atoms with van der Waals surface area (Å²) in [6.07, 6.45) is 2.95. The van der Waals surface area contributed by atoms with E-state index < -0.39 is 23.0 Å². The van der Waals surface area contributed by atoms with E-state index in [1.165, 1.54) is 17.4 Å². The smallest absolute Gasteiger partial charge is 0.205 e. The predicted octanol–water partition coefficient (Wildman–Crippen LogP) is 2.98. The van der Waals surface area contributed by atoms with Crippen molar-refractivity contribution in [1.82, 2.24) is 4.98 Å².